The summed E-state index contributed by atoms with van der Waals surface area (Å²) in [5.74, 6) is 0. The molecule has 0 bridgehead atoms. The van der Waals surface area contributed by atoms with Gasteiger partial charge in [-0.25, -0.2) is 0 Å². The highest BCUT2D eigenvalue weighted by Crippen LogP contribution is 2.45. The van der Waals surface area contributed by atoms with Crippen molar-refractivity contribution >= 4 is 17.4 Å². The number of fused-ring (bicyclic) bond motifs is 1. The van der Waals surface area contributed by atoms with Crippen LogP contribution < -0.4 is 4.90 Å². The Morgan fingerprint density at radius 1 is 1.43 bits per heavy atom. The fourth-order valence-corrected chi connectivity index (χ4v) is 2.76. The molecule has 0 aliphatic carbocycles. The lowest BCUT2D eigenvalue weighted by Crippen LogP contribution is -2.16. The highest BCUT2D eigenvalue weighted by Gasteiger charge is 2.22. The largest absolute Gasteiger partial charge is 0.335 e. The van der Waals surface area contributed by atoms with E-state index in [9.17, 15) is 0 Å². The van der Waals surface area contributed by atoms with E-state index >= 15 is 0 Å². The first-order valence-corrected chi connectivity index (χ1v) is 5.55. The molecule has 0 fully saturated rings. The molecule has 1 aliphatic heterocycles. The highest BCUT2D eigenvalue weighted by atomic mass is 32.2. The lowest BCUT2D eigenvalue weighted by molar-refractivity contribution is 1.00. The van der Waals surface area contributed by atoms with E-state index < -0.39 is 0 Å². The Morgan fingerprint density at radius 2 is 2.21 bits per heavy atom. The maximum atomic E-state index is 3.74. The van der Waals surface area contributed by atoms with Crippen molar-refractivity contribution in [2.24, 2.45) is 0 Å². The van der Waals surface area contributed by atoms with Gasteiger partial charge in [-0.1, -0.05) is 36.5 Å². The molecular formula is C12H13NS. The van der Waals surface area contributed by atoms with Gasteiger partial charge in [0, 0.05) is 11.4 Å². The number of nitrogens with zero attached hydrogens (tertiary/aromatic N) is 1. The summed E-state index contributed by atoms with van der Waals surface area (Å²) in [7, 11) is 0. The van der Waals surface area contributed by atoms with Crippen LogP contribution in [0.25, 0.3) is 0 Å². The van der Waals surface area contributed by atoms with Crippen LogP contribution in [0.3, 0.4) is 0 Å². The van der Waals surface area contributed by atoms with Crippen molar-refractivity contribution < 1.29 is 0 Å². The SMILES string of the molecule is C=CC=C1Sc2ccccc2N1CC. The second-order valence-corrected chi connectivity index (χ2v) is 4.12. The minimum Gasteiger partial charge on any atom is -0.335 e. The first-order valence-electron chi connectivity index (χ1n) is 4.74. The first-order chi connectivity index (χ1) is 6.86. The van der Waals surface area contributed by atoms with Gasteiger partial charge in [-0.3, -0.25) is 0 Å². The van der Waals surface area contributed by atoms with Crippen molar-refractivity contribution in [3.63, 3.8) is 0 Å². The minimum absolute atomic E-state index is 1.00. The number of rotatable bonds is 2. The molecule has 0 spiro atoms. The van der Waals surface area contributed by atoms with Crippen LogP contribution in [0.2, 0.25) is 0 Å². The second kappa shape index (κ2) is 3.93. The Kier molecular flexibility index (Phi) is 2.64. The molecule has 1 heterocycles. The Bertz CT molecular complexity index is 382. The zero-order chi connectivity index (χ0) is 9.97. The topological polar surface area (TPSA) is 3.24 Å². The van der Waals surface area contributed by atoms with Gasteiger partial charge < -0.3 is 4.90 Å². The monoisotopic (exact) mass is 203 g/mol. The average Bonchev–Trinajstić information content (AvgIpc) is 2.55. The number of hydrogen-bond acceptors (Lipinski definition) is 2. The molecule has 0 N–H and O–H groups in total. The van der Waals surface area contributed by atoms with E-state index in [-0.39, 0.29) is 0 Å². The van der Waals surface area contributed by atoms with Crippen molar-refractivity contribution in [1.82, 2.24) is 0 Å². The Balaban J connectivity index is 2.43. The van der Waals surface area contributed by atoms with E-state index in [1.165, 1.54) is 15.6 Å². The van der Waals surface area contributed by atoms with Crippen molar-refractivity contribution in [2.75, 3.05) is 11.4 Å². The third-order valence-corrected chi connectivity index (χ3v) is 3.34. The van der Waals surface area contributed by atoms with Crippen LogP contribution in [-0.4, -0.2) is 6.54 Å². The molecule has 2 rings (SSSR count). The van der Waals surface area contributed by atoms with E-state index in [0.29, 0.717) is 0 Å². The van der Waals surface area contributed by atoms with E-state index in [4.69, 9.17) is 0 Å². The second-order valence-electron chi connectivity index (χ2n) is 3.05. The maximum Gasteiger partial charge on any atom is 0.0801 e. The third-order valence-electron chi connectivity index (χ3n) is 2.21. The van der Waals surface area contributed by atoms with Gasteiger partial charge >= 0.3 is 0 Å². The zero-order valence-electron chi connectivity index (χ0n) is 8.23. The standard InChI is InChI=1S/C12H13NS/c1-3-7-12-13(4-2)10-8-5-6-9-11(10)14-12/h3,5-9H,1,4H2,2H3. The number of thioether (sulfide) groups is 1. The summed E-state index contributed by atoms with van der Waals surface area (Å²) in [6.45, 7) is 6.91. The molecule has 0 saturated heterocycles. The molecule has 1 aromatic carbocycles. The summed E-state index contributed by atoms with van der Waals surface area (Å²) >= 11 is 1.81. The first kappa shape index (κ1) is 9.41. The van der Waals surface area contributed by atoms with Crippen molar-refractivity contribution in [1.29, 1.82) is 0 Å². The maximum absolute atomic E-state index is 3.74. The van der Waals surface area contributed by atoms with Crippen LogP contribution in [0, 0.1) is 0 Å². The van der Waals surface area contributed by atoms with Crippen LogP contribution in [0.15, 0.2) is 52.9 Å². The fraction of sp³-hybridized carbons (Fsp3) is 0.167. The Morgan fingerprint density at radius 3 is 2.93 bits per heavy atom. The average molecular weight is 203 g/mol. The molecule has 0 radical (unpaired) electrons. The van der Waals surface area contributed by atoms with Crippen LogP contribution in [0.5, 0.6) is 0 Å². The summed E-state index contributed by atoms with van der Waals surface area (Å²) in [4.78, 5) is 3.64. The van der Waals surface area contributed by atoms with E-state index in [1.807, 2.05) is 17.8 Å². The lowest BCUT2D eigenvalue weighted by Gasteiger charge is -2.17. The summed E-state index contributed by atoms with van der Waals surface area (Å²) in [5, 5.41) is 1.27. The number of para-hydroxylation sites is 1. The van der Waals surface area contributed by atoms with Gasteiger partial charge in [0.25, 0.3) is 0 Å². The van der Waals surface area contributed by atoms with Gasteiger partial charge in [0.05, 0.1) is 10.7 Å². The molecule has 0 atom stereocenters. The van der Waals surface area contributed by atoms with Gasteiger partial charge in [0.2, 0.25) is 0 Å². The lowest BCUT2D eigenvalue weighted by atomic mass is 10.3. The predicted octanol–water partition coefficient (Wildman–Crippen LogP) is 3.65. The normalized spacial score (nSPS) is 17.2. The van der Waals surface area contributed by atoms with Gasteiger partial charge in [-0.15, -0.1) is 0 Å². The van der Waals surface area contributed by atoms with E-state index in [1.54, 1.807) is 0 Å². The fourth-order valence-electron chi connectivity index (χ4n) is 1.60. The third kappa shape index (κ3) is 1.46. The van der Waals surface area contributed by atoms with Crippen LogP contribution >= 0.6 is 11.8 Å². The molecule has 0 unspecified atom stereocenters. The van der Waals surface area contributed by atoms with Gasteiger partial charge in [-0.2, -0.15) is 0 Å². The molecule has 14 heavy (non-hydrogen) atoms. The van der Waals surface area contributed by atoms with Crippen molar-refractivity contribution in [3.8, 4) is 0 Å². The number of anilines is 1. The quantitative estimate of drug-likeness (QED) is 0.722. The van der Waals surface area contributed by atoms with E-state index in [2.05, 4.69) is 48.7 Å². The summed E-state index contributed by atoms with van der Waals surface area (Å²) in [6, 6.07) is 8.48. The summed E-state index contributed by atoms with van der Waals surface area (Å²) in [5.41, 5.74) is 1.31. The Hall–Kier alpha value is -1.15. The molecule has 1 aliphatic rings. The molecule has 2 heteroatoms. The summed E-state index contributed by atoms with van der Waals surface area (Å²) < 4.78 is 0. The van der Waals surface area contributed by atoms with Crippen LogP contribution in [-0.2, 0) is 0 Å². The number of benzene rings is 1. The molecular weight excluding hydrogens is 190 g/mol. The van der Waals surface area contributed by atoms with E-state index in [0.717, 1.165) is 6.54 Å². The minimum atomic E-state index is 1.00. The number of hydrogen-bond donors (Lipinski definition) is 0. The highest BCUT2D eigenvalue weighted by molar-refractivity contribution is 8.03. The molecule has 1 aromatic rings. The molecule has 72 valence electrons. The van der Waals surface area contributed by atoms with Crippen molar-refractivity contribution in [3.05, 3.63) is 48.0 Å². The van der Waals surface area contributed by atoms with Gasteiger partial charge in [-0.05, 0) is 25.1 Å². The Labute approximate surface area is 89.1 Å². The molecule has 0 saturated carbocycles. The predicted molar refractivity (Wildman–Crippen MR) is 63.6 cm³/mol. The molecule has 0 aromatic heterocycles. The van der Waals surface area contributed by atoms with Crippen molar-refractivity contribution in [2.45, 2.75) is 11.8 Å². The summed E-state index contributed by atoms with van der Waals surface area (Å²) in [6.07, 6.45) is 3.91. The van der Waals surface area contributed by atoms with Gasteiger partial charge in [0.15, 0.2) is 0 Å². The van der Waals surface area contributed by atoms with Gasteiger partial charge in [0.1, 0.15) is 0 Å². The number of allylic oxidation sites excluding steroid dienone is 2. The van der Waals surface area contributed by atoms with Crippen LogP contribution in [0.1, 0.15) is 6.92 Å². The molecule has 0 amide bonds. The zero-order valence-corrected chi connectivity index (χ0v) is 9.05. The molecule has 1 nitrogen and oxygen atoms in total. The smallest absolute Gasteiger partial charge is 0.0801 e. The van der Waals surface area contributed by atoms with Crippen LogP contribution in [0.4, 0.5) is 5.69 Å².